The number of rotatable bonds is 8. The summed E-state index contributed by atoms with van der Waals surface area (Å²) >= 11 is 10.1. The Hall–Kier alpha value is -3.14. The average molecular weight is 584 g/mol. The van der Waals surface area contributed by atoms with Crippen molar-refractivity contribution in [1.29, 1.82) is 0 Å². The number of halogens is 1. The van der Waals surface area contributed by atoms with Gasteiger partial charge in [-0.3, -0.25) is 14.5 Å². The molecule has 0 radical (unpaired) electrons. The number of benzene rings is 3. The molecule has 1 saturated heterocycles. The van der Waals surface area contributed by atoms with Gasteiger partial charge in [-0.1, -0.05) is 58.1 Å². The molecule has 1 N–H and O–H groups in total. The third kappa shape index (κ3) is 6.34. The topological polar surface area (TPSA) is 67.9 Å². The van der Waals surface area contributed by atoms with Gasteiger partial charge in [0.2, 0.25) is 0 Å². The maximum atomic E-state index is 13.1. The summed E-state index contributed by atoms with van der Waals surface area (Å²) < 4.78 is 12.9. The number of carbonyl (C=O) groups excluding carboxylic acids is 2. The first kappa shape index (κ1) is 25.9. The molecule has 1 fully saturated rings. The molecular weight excluding hydrogens is 560 g/mol. The van der Waals surface area contributed by atoms with E-state index in [9.17, 15) is 9.59 Å². The van der Waals surface area contributed by atoms with Gasteiger partial charge in [-0.25, -0.2) is 0 Å². The van der Waals surface area contributed by atoms with Gasteiger partial charge in [0.05, 0.1) is 17.2 Å². The molecule has 4 rings (SSSR count). The van der Waals surface area contributed by atoms with Crippen molar-refractivity contribution in [3.05, 3.63) is 87.2 Å². The lowest BCUT2D eigenvalue weighted by Gasteiger charge is -2.14. The van der Waals surface area contributed by atoms with Crippen LogP contribution < -0.4 is 19.7 Å². The van der Waals surface area contributed by atoms with Crippen LogP contribution in [0.1, 0.15) is 18.1 Å². The number of anilines is 2. The lowest BCUT2D eigenvalue weighted by molar-refractivity contribution is -0.118. The number of aryl methyl sites for hydroxylation is 1. The van der Waals surface area contributed by atoms with E-state index >= 15 is 0 Å². The van der Waals surface area contributed by atoms with E-state index < -0.39 is 0 Å². The predicted molar refractivity (Wildman–Crippen MR) is 153 cm³/mol. The Kier molecular flexibility index (Phi) is 8.45. The Morgan fingerprint density at radius 2 is 1.86 bits per heavy atom. The first-order chi connectivity index (χ1) is 17.3. The Morgan fingerprint density at radius 3 is 2.58 bits per heavy atom. The summed E-state index contributed by atoms with van der Waals surface area (Å²) in [6.07, 6.45) is 1.77. The highest BCUT2D eigenvalue weighted by Gasteiger charge is 2.33. The molecule has 6 nitrogen and oxygen atoms in total. The van der Waals surface area contributed by atoms with Crippen LogP contribution in [0.4, 0.5) is 11.4 Å². The van der Waals surface area contributed by atoms with Crippen molar-refractivity contribution in [2.75, 3.05) is 23.4 Å². The van der Waals surface area contributed by atoms with Gasteiger partial charge in [0.1, 0.15) is 0 Å². The molecule has 3 aromatic carbocycles. The number of carbonyl (C=O) groups is 2. The van der Waals surface area contributed by atoms with Crippen LogP contribution in [-0.4, -0.2) is 29.3 Å². The molecule has 1 aliphatic heterocycles. The molecule has 1 aliphatic rings. The average Bonchev–Trinajstić information content (AvgIpc) is 3.12. The summed E-state index contributed by atoms with van der Waals surface area (Å²) in [5, 5.41) is 2.82. The van der Waals surface area contributed by atoms with Crippen LogP contribution in [-0.2, 0) is 9.59 Å². The minimum absolute atomic E-state index is 0.167. The highest BCUT2D eigenvalue weighted by atomic mass is 79.9. The Bertz CT molecular complexity index is 1340. The van der Waals surface area contributed by atoms with E-state index in [-0.39, 0.29) is 18.4 Å². The molecule has 0 bridgehead atoms. The zero-order chi connectivity index (χ0) is 25.7. The molecule has 3 aromatic rings. The largest absolute Gasteiger partial charge is 0.490 e. The summed E-state index contributed by atoms with van der Waals surface area (Å²) in [7, 11) is 0. The zero-order valence-corrected chi connectivity index (χ0v) is 22.8. The lowest BCUT2D eigenvalue weighted by Crippen LogP contribution is -2.27. The first-order valence-corrected chi connectivity index (χ1v) is 13.2. The number of hydrogen-bond donors (Lipinski definition) is 1. The molecule has 9 heteroatoms. The van der Waals surface area contributed by atoms with Crippen LogP contribution in [0.3, 0.4) is 0 Å². The third-order valence-electron chi connectivity index (χ3n) is 5.10. The Morgan fingerprint density at radius 1 is 1.08 bits per heavy atom. The molecule has 1 heterocycles. The quantitative estimate of drug-likeness (QED) is 0.239. The normalized spacial score (nSPS) is 14.3. The smallest absolute Gasteiger partial charge is 0.270 e. The fourth-order valence-electron chi connectivity index (χ4n) is 3.50. The Labute approximate surface area is 227 Å². The minimum atomic E-state index is -0.274. The third-order valence-corrected chi connectivity index (χ3v) is 6.94. The van der Waals surface area contributed by atoms with Crippen LogP contribution in [0.25, 0.3) is 6.08 Å². The molecule has 0 saturated carbocycles. The fourth-order valence-corrected chi connectivity index (χ4v) is 5.06. The summed E-state index contributed by atoms with van der Waals surface area (Å²) in [6.45, 7) is 4.07. The number of thioether (sulfide) groups is 1. The maximum Gasteiger partial charge on any atom is 0.270 e. The summed E-state index contributed by atoms with van der Waals surface area (Å²) in [5.74, 6) is 0.468. The van der Waals surface area contributed by atoms with Gasteiger partial charge >= 0.3 is 0 Å². The monoisotopic (exact) mass is 582 g/mol. The van der Waals surface area contributed by atoms with E-state index in [0.29, 0.717) is 38.7 Å². The minimum Gasteiger partial charge on any atom is -0.490 e. The second-order valence-corrected chi connectivity index (χ2v) is 10.4. The van der Waals surface area contributed by atoms with Crippen LogP contribution in [0.15, 0.2) is 76.1 Å². The van der Waals surface area contributed by atoms with E-state index in [1.807, 2.05) is 68.4 Å². The number of amides is 2. The molecule has 2 amide bonds. The van der Waals surface area contributed by atoms with Crippen molar-refractivity contribution in [3.8, 4) is 11.5 Å². The van der Waals surface area contributed by atoms with Crippen LogP contribution in [0, 0.1) is 6.92 Å². The molecule has 184 valence electrons. The molecule has 0 unspecified atom stereocenters. The van der Waals surface area contributed by atoms with E-state index in [0.717, 1.165) is 15.6 Å². The van der Waals surface area contributed by atoms with Crippen molar-refractivity contribution >= 4 is 73.5 Å². The van der Waals surface area contributed by atoms with Crippen LogP contribution in [0.2, 0.25) is 0 Å². The molecule has 0 atom stereocenters. The van der Waals surface area contributed by atoms with Gasteiger partial charge in [0.25, 0.3) is 11.8 Å². The second kappa shape index (κ2) is 11.7. The first-order valence-electron chi connectivity index (χ1n) is 11.1. The number of hydrogen-bond acceptors (Lipinski definition) is 6. The standard InChI is InChI=1S/C27H23BrN2O4S2/c1-3-33-23-14-18(7-12-22(23)34-16-25(31)29-20-6-4-5-17(2)13-20)15-24-26(32)30(27(35)36-24)21-10-8-19(28)9-11-21/h4-15H,3,16H2,1-2H3,(H,29,31)/b24-15+. The second-order valence-electron chi connectivity index (χ2n) is 7.84. The molecule has 0 aromatic heterocycles. The number of nitrogens with zero attached hydrogens (tertiary/aromatic N) is 1. The number of thiocarbonyl (C=S) groups is 1. The summed E-state index contributed by atoms with van der Waals surface area (Å²) in [4.78, 5) is 27.4. The van der Waals surface area contributed by atoms with Crippen molar-refractivity contribution in [2.24, 2.45) is 0 Å². The molecule has 0 spiro atoms. The Balaban J connectivity index is 1.47. The van der Waals surface area contributed by atoms with Crippen molar-refractivity contribution < 1.29 is 19.1 Å². The van der Waals surface area contributed by atoms with E-state index in [1.54, 1.807) is 18.2 Å². The predicted octanol–water partition coefficient (Wildman–Crippen LogP) is 6.58. The van der Waals surface area contributed by atoms with E-state index in [1.165, 1.54) is 16.7 Å². The van der Waals surface area contributed by atoms with Gasteiger partial charge in [0, 0.05) is 10.2 Å². The highest BCUT2D eigenvalue weighted by Crippen LogP contribution is 2.37. The van der Waals surface area contributed by atoms with Crippen molar-refractivity contribution in [2.45, 2.75) is 13.8 Å². The van der Waals surface area contributed by atoms with Crippen molar-refractivity contribution in [3.63, 3.8) is 0 Å². The zero-order valence-electron chi connectivity index (χ0n) is 19.6. The lowest BCUT2D eigenvalue weighted by atomic mass is 10.1. The number of nitrogens with one attached hydrogen (secondary N) is 1. The summed E-state index contributed by atoms with van der Waals surface area (Å²) in [6, 6.07) is 20.3. The fraction of sp³-hybridized carbons (Fsp3) is 0.148. The number of ether oxygens (including phenoxy) is 2. The van der Waals surface area contributed by atoms with E-state index in [4.69, 9.17) is 21.7 Å². The molecule has 36 heavy (non-hydrogen) atoms. The van der Waals surface area contributed by atoms with Gasteiger partial charge in [-0.15, -0.1) is 0 Å². The SMILES string of the molecule is CCOc1cc(/C=C2/SC(=S)N(c3ccc(Br)cc3)C2=O)ccc1OCC(=O)Nc1cccc(C)c1. The maximum absolute atomic E-state index is 13.1. The van der Waals surface area contributed by atoms with Gasteiger partial charge in [0.15, 0.2) is 22.4 Å². The van der Waals surface area contributed by atoms with Gasteiger partial charge in [-0.2, -0.15) is 0 Å². The molecular formula is C27H23BrN2O4S2. The van der Waals surface area contributed by atoms with E-state index in [2.05, 4.69) is 21.2 Å². The van der Waals surface area contributed by atoms with Crippen molar-refractivity contribution in [1.82, 2.24) is 0 Å². The van der Waals surface area contributed by atoms with Crippen LogP contribution in [0.5, 0.6) is 11.5 Å². The molecule has 0 aliphatic carbocycles. The van der Waals surface area contributed by atoms with Crippen LogP contribution >= 0.6 is 39.9 Å². The van der Waals surface area contributed by atoms with Gasteiger partial charge in [-0.05, 0) is 79.6 Å². The van der Waals surface area contributed by atoms with Gasteiger partial charge < -0.3 is 14.8 Å². The highest BCUT2D eigenvalue weighted by molar-refractivity contribution is 9.10. The summed E-state index contributed by atoms with van der Waals surface area (Å²) in [5.41, 5.74) is 3.24.